The maximum Gasteiger partial charge on any atom is 0.270 e. The first-order valence-corrected chi connectivity index (χ1v) is 7.97. The molecule has 114 valence electrons. The molecule has 2 aliphatic heterocycles. The molecule has 1 N–H and O–H groups in total. The van der Waals surface area contributed by atoms with Gasteiger partial charge in [0, 0.05) is 30.3 Å². The van der Waals surface area contributed by atoms with Gasteiger partial charge in [0.1, 0.15) is 11.7 Å². The van der Waals surface area contributed by atoms with Crippen LogP contribution in [0.4, 0.5) is 0 Å². The van der Waals surface area contributed by atoms with Crippen LogP contribution in [0.3, 0.4) is 0 Å². The van der Waals surface area contributed by atoms with Crippen molar-refractivity contribution in [3.8, 4) is 0 Å². The Labute approximate surface area is 131 Å². The molecule has 1 atom stereocenters. The number of amides is 2. The van der Waals surface area contributed by atoms with E-state index in [0.29, 0.717) is 38.5 Å². The highest BCUT2D eigenvalue weighted by Crippen LogP contribution is 2.23. The van der Waals surface area contributed by atoms with Crippen LogP contribution in [0.5, 0.6) is 0 Å². The molecule has 3 rings (SSSR count). The van der Waals surface area contributed by atoms with Gasteiger partial charge in [0.05, 0.1) is 13.2 Å². The minimum Gasteiger partial charge on any atom is -0.378 e. The molecular weight excluding hydrogens is 338 g/mol. The number of hydrogen-bond donors (Lipinski definition) is 1. The lowest BCUT2D eigenvalue weighted by molar-refractivity contribution is -0.139. The van der Waals surface area contributed by atoms with Crippen molar-refractivity contribution in [2.24, 2.45) is 0 Å². The highest BCUT2D eigenvalue weighted by Gasteiger charge is 2.37. The predicted molar refractivity (Wildman–Crippen MR) is 80.0 cm³/mol. The van der Waals surface area contributed by atoms with Gasteiger partial charge in [-0.15, -0.1) is 0 Å². The van der Waals surface area contributed by atoms with Gasteiger partial charge in [-0.2, -0.15) is 0 Å². The lowest BCUT2D eigenvalue weighted by Crippen LogP contribution is -2.51. The Kier molecular flexibility index (Phi) is 4.30. The molecule has 1 aromatic heterocycles. The molecule has 2 amide bonds. The number of aromatic nitrogens is 1. The third-order valence-corrected chi connectivity index (χ3v) is 4.46. The zero-order valence-electron chi connectivity index (χ0n) is 11.7. The molecule has 2 aliphatic rings. The van der Waals surface area contributed by atoms with Crippen molar-refractivity contribution in [2.75, 3.05) is 32.8 Å². The number of aromatic amines is 1. The van der Waals surface area contributed by atoms with E-state index in [2.05, 4.69) is 20.9 Å². The summed E-state index contributed by atoms with van der Waals surface area (Å²) in [4.78, 5) is 31.6. The average Bonchev–Trinajstić information content (AvgIpc) is 3.15. The van der Waals surface area contributed by atoms with E-state index >= 15 is 0 Å². The molecule has 6 nitrogen and oxygen atoms in total. The number of ether oxygens (including phenoxy) is 1. The van der Waals surface area contributed by atoms with E-state index in [0.717, 1.165) is 17.3 Å². The van der Waals surface area contributed by atoms with Gasteiger partial charge >= 0.3 is 0 Å². The number of nitrogens with one attached hydrogen (secondary N) is 1. The second-order valence-corrected chi connectivity index (χ2v) is 6.24. The molecule has 7 heteroatoms. The molecule has 0 saturated carbocycles. The largest absolute Gasteiger partial charge is 0.378 e. The zero-order chi connectivity index (χ0) is 14.8. The number of carbonyl (C=O) groups excluding carboxylic acids is 2. The number of hydrogen-bond acceptors (Lipinski definition) is 3. The summed E-state index contributed by atoms with van der Waals surface area (Å²) in [5, 5.41) is 0. The maximum atomic E-state index is 12.6. The summed E-state index contributed by atoms with van der Waals surface area (Å²) >= 11 is 3.32. The van der Waals surface area contributed by atoms with Crippen LogP contribution in [-0.4, -0.2) is 65.5 Å². The predicted octanol–water partition coefficient (Wildman–Crippen LogP) is 1.24. The van der Waals surface area contributed by atoms with Crippen molar-refractivity contribution in [3.05, 3.63) is 22.4 Å². The van der Waals surface area contributed by atoms with Crippen LogP contribution in [-0.2, 0) is 9.53 Å². The van der Waals surface area contributed by atoms with E-state index in [4.69, 9.17) is 4.74 Å². The van der Waals surface area contributed by atoms with Crippen LogP contribution in [0.15, 0.2) is 16.7 Å². The number of halogens is 1. The Bertz CT molecular complexity index is 539. The van der Waals surface area contributed by atoms with E-state index in [1.165, 1.54) is 0 Å². The third-order valence-electron chi connectivity index (χ3n) is 4.00. The van der Waals surface area contributed by atoms with E-state index in [-0.39, 0.29) is 17.9 Å². The summed E-state index contributed by atoms with van der Waals surface area (Å²) in [7, 11) is 0. The number of nitrogens with zero attached hydrogens (tertiary/aromatic N) is 2. The van der Waals surface area contributed by atoms with Gasteiger partial charge < -0.3 is 19.5 Å². The number of morpholine rings is 1. The van der Waals surface area contributed by atoms with Gasteiger partial charge in [-0.1, -0.05) is 0 Å². The number of H-pyrrole nitrogens is 1. The van der Waals surface area contributed by atoms with Gasteiger partial charge in [0.25, 0.3) is 5.91 Å². The summed E-state index contributed by atoms with van der Waals surface area (Å²) in [6.07, 6.45) is 3.33. The van der Waals surface area contributed by atoms with Gasteiger partial charge in [-0.05, 0) is 34.8 Å². The minimum absolute atomic E-state index is 0.0507. The van der Waals surface area contributed by atoms with Gasteiger partial charge in [0.15, 0.2) is 0 Å². The maximum absolute atomic E-state index is 12.6. The molecule has 0 radical (unpaired) electrons. The van der Waals surface area contributed by atoms with Crippen molar-refractivity contribution in [1.82, 2.24) is 14.8 Å². The first kappa shape index (κ1) is 14.6. The lowest BCUT2D eigenvalue weighted by Gasteiger charge is -2.32. The van der Waals surface area contributed by atoms with Crippen molar-refractivity contribution >= 4 is 27.7 Å². The molecular formula is C14H18BrN3O3. The van der Waals surface area contributed by atoms with Gasteiger partial charge in [0.2, 0.25) is 5.91 Å². The number of rotatable bonds is 2. The fraction of sp³-hybridized carbons (Fsp3) is 0.571. The second kappa shape index (κ2) is 6.19. The highest BCUT2D eigenvalue weighted by atomic mass is 79.9. The summed E-state index contributed by atoms with van der Waals surface area (Å²) in [6, 6.07) is 1.41. The van der Waals surface area contributed by atoms with Crippen LogP contribution >= 0.6 is 15.9 Å². The smallest absolute Gasteiger partial charge is 0.270 e. The van der Waals surface area contributed by atoms with Crippen molar-refractivity contribution < 1.29 is 14.3 Å². The Morgan fingerprint density at radius 3 is 2.71 bits per heavy atom. The van der Waals surface area contributed by atoms with Crippen molar-refractivity contribution in [2.45, 2.75) is 18.9 Å². The lowest BCUT2D eigenvalue weighted by atomic mass is 10.1. The topological polar surface area (TPSA) is 65.6 Å². The van der Waals surface area contributed by atoms with E-state index in [1.54, 1.807) is 17.2 Å². The second-order valence-electron chi connectivity index (χ2n) is 5.33. The Morgan fingerprint density at radius 1 is 1.29 bits per heavy atom. The van der Waals surface area contributed by atoms with Crippen LogP contribution < -0.4 is 0 Å². The van der Waals surface area contributed by atoms with E-state index in [9.17, 15) is 9.59 Å². The van der Waals surface area contributed by atoms with E-state index in [1.807, 2.05) is 4.90 Å². The molecule has 0 aromatic carbocycles. The number of likely N-dealkylation sites (tertiary alicyclic amines) is 1. The van der Waals surface area contributed by atoms with Crippen LogP contribution in [0.2, 0.25) is 0 Å². The van der Waals surface area contributed by atoms with Gasteiger partial charge in [-0.3, -0.25) is 9.59 Å². The fourth-order valence-electron chi connectivity index (χ4n) is 2.91. The first-order valence-electron chi connectivity index (χ1n) is 7.18. The Hall–Kier alpha value is -1.34. The molecule has 0 spiro atoms. The summed E-state index contributed by atoms with van der Waals surface area (Å²) in [5.74, 6) is -0.0559. The SMILES string of the molecule is O=C(C1CCCN1C(=O)c1cc(Br)c[nH]1)N1CCOCC1. The van der Waals surface area contributed by atoms with Crippen molar-refractivity contribution in [3.63, 3.8) is 0 Å². The minimum atomic E-state index is -0.335. The molecule has 0 bridgehead atoms. The highest BCUT2D eigenvalue weighted by molar-refractivity contribution is 9.10. The van der Waals surface area contributed by atoms with Crippen LogP contribution in [0.25, 0.3) is 0 Å². The standard InChI is InChI=1S/C14H18BrN3O3/c15-10-8-11(16-9-10)13(19)18-3-1-2-12(18)14(20)17-4-6-21-7-5-17/h8-9,12,16H,1-7H2. The molecule has 0 aliphatic carbocycles. The number of carbonyl (C=O) groups is 2. The monoisotopic (exact) mass is 355 g/mol. The molecule has 2 saturated heterocycles. The summed E-state index contributed by atoms with van der Waals surface area (Å²) in [6.45, 7) is 3.03. The van der Waals surface area contributed by atoms with Crippen molar-refractivity contribution in [1.29, 1.82) is 0 Å². The first-order chi connectivity index (χ1) is 10.2. The Balaban J connectivity index is 1.72. The normalized spacial score (nSPS) is 22.6. The third kappa shape index (κ3) is 2.98. The fourth-order valence-corrected chi connectivity index (χ4v) is 3.25. The van der Waals surface area contributed by atoms with E-state index < -0.39 is 0 Å². The summed E-state index contributed by atoms with van der Waals surface area (Å²) in [5.41, 5.74) is 0.517. The molecule has 2 fully saturated rings. The average molecular weight is 356 g/mol. The molecule has 1 aromatic rings. The summed E-state index contributed by atoms with van der Waals surface area (Å²) < 4.78 is 6.11. The molecule has 1 unspecified atom stereocenters. The van der Waals surface area contributed by atoms with Gasteiger partial charge in [-0.25, -0.2) is 0 Å². The zero-order valence-corrected chi connectivity index (χ0v) is 13.3. The molecule has 21 heavy (non-hydrogen) atoms. The molecule has 3 heterocycles. The van der Waals surface area contributed by atoms with Crippen LogP contribution in [0, 0.1) is 0 Å². The quantitative estimate of drug-likeness (QED) is 0.867. The van der Waals surface area contributed by atoms with Crippen LogP contribution in [0.1, 0.15) is 23.3 Å². The Morgan fingerprint density at radius 2 is 2.05 bits per heavy atom.